The molecular weight excluding hydrogens is 457 g/mol. The number of hydrogen-bond donors (Lipinski definition) is 1. The number of benzene rings is 1. The minimum absolute atomic E-state index is 0.117. The molecule has 4 heterocycles. The van der Waals surface area contributed by atoms with Gasteiger partial charge in [-0.05, 0) is 49.1 Å². The lowest BCUT2D eigenvalue weighted by Crippen LogP contribution is -2.43. The summed E-state index contributed by atoms with van der Waals surface area (Å²) in [5.74, 6) is 0.386. The molecule has 0 spiro atoms. The third kappa shape index (κ3) is 4.73. The van der Waals surface area contributed by atoms with Crippen molar-refractivity contribution in [3.63, 3.8) is 0 Å². The van der Waals surface area contributed by atoms with Crippen molar-refractivity contribution in [3.05, 3.63) is 59.8 Å². The van der Waals surface area contributed by atoms with E-state index in [1.54, 1.807) is 24.5 Å². The van der Waals surface area contributed by atoms with Crippen LogP contribution in [0.5, 0.6) is 0 Å². The Balaban J connectivity index is 1.55. The molecule has 0 radical (unpaired) electrons. The first kappa shape index (κ1) is 23.7. The fourth-order valence-electron chi connectivity index (χ4n) is 4.75. The maximum Gasteiger partial charge on any atom is 0.408 e. The molecule has 2 N–H and O–H groups in total. The molecule has 1 aliphatic rings. The van der Waals surface area contributed by atoms with Crippen molar-refractivity contribution < 1.29 is 17.9 Å². The Kier molecular flexibility index (Phi) is 5.98. The second-order valence-electron chi connectivity index (χ2n) is 9.50. The molecule has 1 aliphatic heterocycles. The van der Waals surface area contributed by atoms with E-state index in [4.69, 9.17) is 15.5 Å². The number of methoxy groups -OCH3 is 1. The molecule has 0 bridgehead atoms. The third-order valence-electron chi connectivity index (χ3n) is 6.53. The van der Waals surface area contributed by atoms with Crippen molar-refractivity contribution in [3.8, 4) is 11.5 Å². The fourth-order valence-corrected chi connectivity index (χ4v) is 4.75. The van der Waals surface area contributed by atoms with Gasteiger partial charge in [0.05, 0.1) is 12.1 Å². The van der Waals surface area contributed by atoms with Gasteiger partial charge in [0.1, 0.15) is 11.7 Å². The number of nitrogens with zero attached hydrogens (tertiary/aromatic N) is 5. The van der Waals surface area contributed by atoms with Crippen molar-refractivity contribution in [1.82, 2.24) is 24.5 Å². The molecule has 35 heavy (non-hydrogen) atoms. The van der Waals surface area contributed by atoms with E-state index in [2.05, 4.69) is 10.2 Å². The molecule has 7 nitrogen and oxygen atoms in total. The van der Waals surface area contributed by atoms with Gasteiger partial charge in [0, 0.05) is 37.3 Å². The van der Waals surface area contributed by atoms with Crippen LogP contribution in [0, 0.1) is 0 Å². The Hall–Kier alpha value is -3.08. The van der Waals surface area contributed by atoms with Gasteiger partial charge in [-0.1, -0.05) is 24.3 Å². The summed E-state index contributed by atoms with van der Waals surface area (Å²) in [6, 6.07) is 11.0. The Morgan fingerprint density at radius 2 is 1.94 bits per heavy atom. The maximum absolute atomic E-state index is 14.2. The zero-order valence-corrected chi connectivity index (χ0v) is 19.6. The molecule has 1 fully saturated rings. The molecule has 1 unspecified atom stereocenters. The van der Waals surface area contributed by atoms with Gasteiger partial charge in [0.15, 0.2) is 11.5 Å². The van der Waals surface area contributed by atoms with Crippen LogP contribution in [0.4, 0.5) is 13.2 Å². The van der Waals surface area contributed by atoms with Crippen molar-refractivity contribution >= 4 is 16.6 Å². The summed E-state index contributed by atoms with van der Waals surface area (Å²) in [7, 11) is 1.66. The fraction of sp³-hybridized carbons (Fsp3) is 0.400. The number of pyridine rings is 2. The molecule has 4 aromatic rings. The van der Waals surface area contributed by atoms with E-state index in [-0.39, 0.29) is 18.7 Å². The number of likely N-dealkylation sites (tertiary alicyclic amines) is 1. The minimum atomic E-state index is -4.46. The molecule has 5 rings (SSSR count). The second kappa shape index (κ2) is 8.85. The van der Waals surface area contributed by atoms with Gasteiger partial charge >= 0.3 is 6.18 Å². The average molecular weight is 485 g/mol. The number of fused-ring (bicyclic) bond motifs is 2. The van der Waals surface area contributed by atoms with Crippen LogP contribution in [0.1, 0.15) is 30.5 Å². The molecule has 1 saturated heterocycles. The summed E-state index contributed by atoms with van der Waals surface area (Å²) in [5.41, 5.74) is 8.45. The van der Waals surface area contributed by atoms with Crippen LogP contribution < -0.4 is 5.73 Å². The monoisotopic (exact) mass is 484 g/mol. The SMILES string of the molecule is COCCc1ccc2ccc(-c3nnc4ccc([C@H](N5CCC(C)(N)C5)C(F)(F)F)cn34)nc2c1. The zero-order chi connectivity index (χ0) is 24.8. The summed E-state index contributed by atoms with van der Waals surface area (Å²) in [6.45, 7) is 2.83. The zero-order valence-electron chi connectivity index (χ0n) is 19.6. The van der Waals surface area contributed by atoms with E-state index in [1.165, 1.54) is 17.2 Å². The first-order valence-electron chi connectivity index (χ1n) is 11.5. The largest absolute Gasteiger partial charge is 0.408 e. The van der Waals surface area contributed by atoms with Crippen LogP contribution in [0.15, 0.2) is 48.7 Å². The molecule has 184 valence electrons. The highest BCUT2D eigenvalue weighted by atomic mass is 19.4. The molecule has 3 aromatic heterocycles. The second-order valence-corrected chi connectivity index (χ2v) is 9.50. The number of ether oxygens (including phenoxy) is 1. The molecule has 0 saturated carbocycles. The average Bonchev–Trinajstić information content (AvgIpc) is 3.38. The third-order valence-corrected chi connectivity index (χ3v) is 6.53. The molecule has 2 atom stereocenters. The highest BCUT2D eigenvalue weighted by Gasteiger charge is 2.48. The van der Waals surface area contributed by atoms with Gasteiger partial charge in [0.25, 0.3) is 0 Å². The molecule has 10 heteroatoms. The summed E-state index contributed by atoms with van der Waals surface area (Å²) in [4.78, 5) is 6.15. The van der Waals surface area contributed by atoms with Crippen LogP contribution in [-0.2, 0) is 11.2 Å². The topological polar surface area (TPSA) is 81.6 Å². The first-order valence-corrected chi connectivity index (χ1v) is 11.5. The van der Waals surface area contributed by atoms with Gasteiger partial charge in [-0.3, -0.25) is 9.30 Å². The summed E-state index contributed by atoms with van der Waals surface area (Å²) in [5, 5.41) is 9.36. The van der Waals surface area contributed by atoms with Gasteiger partial charge in [-0.15, -0.1) is 10.2 Å². The van der Waals surface area contributed by atoms with E-state index in [0.717, 1.165) is 22.9 Å². The first-order chi connectivity index (χ1) is 16.6. The number of rotatable bonds is 6. The van der Waals surface area contributed by atoms with Gasteiger partial charge < -0.3 is 10.5 Å². The maximum atomic E-state index is 14.2. The lowest BCUT2D eigenvalue weighted by atomic mass is 10.0. The van der Waals surface area contributed by atoms with Gasteiger partial charge in [-0.25, -0.2) is 4.98 Å². The minimum Gasteiger partial charge on any atom is -0.384 e. The van der Waals surface area contributed by atoms with Gasteiger partial charge in [0.2, 0.25) is 0 Å². The van der Waals surface area contributed by atoms with E-state index >= 15 is 0 Å². The van der Waals surface area contributed by atoms with Crippen molar-refractivity contribution in [2.45, 2.75) is 37.5 Å². The summed E-state index contributed by atoms with van der Waals surface area (Å²) >= 11 is 0. The van der Waals surface area contributed by atoms with Crippen LogP contribution in [-0.4, -0.2) is 63.0 Å². The Morgan fingerprint density at radius 3 is 2.66 bits per heavy atom. The highest BCUT2D eigenvalue weighted by Crippen LogP contribution is 2.41. The van der Waals surface area contributed by atoms with Gasteiger partial charge in [-0.2, -0.15) is 13.2 Å². The van der Waals surface area contributed by atoms with Crippen molar-refractivity contribution in [2.75, 3.05) is 26.8 Å². The standard InChI is InChI=1S/C25H27F3N6O/c1-24(29)10-11-33(15-24)22(25(26,27)28)18-6-8-21-31-32-23(34(21)14-18)19-7-5-17-4-3-16(9-12-35-2)13-20(17)30-19/h3-8,13-14,22H,9-12,15,29H2,1-2H3/t22-,24?/m0/s1. The predicted molar refractivity (Wildman–Crippen MR) is 127 cm³/mol. The molecule has 0 amide bonds. The lowest BCUT2D eigenvalue weighted by Gasteiger charge is -2.31. The van der Waals surface area contributed by atoms with Crippen molar-refractivity contribution in [1.29, 1.82) is 0 Å². The number of halogens is 3. The Bertz CT molecular complexity index is 1370. The molecular formula is C25H27F3N6O. The van der Waals surface area contributed by atoms with E-state index in [1.807, 2.05) is 30.3 Å². The number of nitrogens with two attached hydrogens (primary N) is 1. The van der Waals surface area contributed by atoms with Crippen LogP contribution >= 0.6 is 0 Å². The van der Waals surface area contributed by atoms with Crippen LogP contribution in [0.25, 0.3) is 28.1 Å². The highest BCUT2D eigenvalue weighted by molar-refractivity contribution is 5.81. The van der Waals surface area contributed by atoms with Crippen molar-refractivity contribution in [2.24, 2.45) is 5.73 Å². The number of aromatic nitrogens is 4. The Labute approximate surface area is 200 Å². The normalized spacial score (nSPS) is 20.2. The summed E-state index contributed by atoms with van der Waals surface area (Å²) in [6.07, 6.45) is -1.72. The van der Waals surface area contributed by atoms with Crippen LogP contribution in [0.3, 0.4) is 0 Å². The number of alkyl halides is 3. The molecule has 0 aliphatic carbocycles. The predicted octanol–water partition coefficient (Wildman–Crippen LogP) is 4.16. The summed E-state index contributed by atoms with van der Waals surface area (Å²) < 4.78 is 49.4. The van der Waals surface area contributed by atoms with E-state index in [9.17, 15) is 13.2 Å². The van der Waals surface area contributed by atoms with E-state index in [0.29, 0.717) is 30.2 Å². The Morgan fingerprint density at radius 1 is 1.14 bits per heavy atom. The lowest BCUT2D eigenvalue weighted by molar-refractivity contribution is -0.184. The van der Waals surface area contributed by atoms with E-state index < -0.39 is 17.8 Å². The quantitative estimate of drug-likeness (QED) is 0.443. The number of hydrogen-bond acceptors (Lipinski definition) is 6. The molecule has 1 aromatic carbocycles. The smallest absolute Gasteiger partial charge is 0.384 e. The van der Waals surface area contributed by atoms with Crippen LogP contribution in [0.2, 0.25) is 0 Å².